The quantitative estimate of drug-likeness (QED) is 0.223. The predicted molar refractivity (Wildman–Crippen MR) is 121 cm³/mol. The SMILES string of the molecule is C/C(=N\NC(=S)Nc1ccc(F)cc1)c1nc2ccc(Oc3ccc(F)cc3)cc2[nH]1. The molecule has 0 fully saturated rings. The number of halogens is 2. The molecule has 0 atom stereocenters. The third-order valence-electron chi connectivity index (χ3n) is 4.27. The second-order valence-corrected chi connectivity index (χ2v) is 7.00. The number of rotatable bonds is 5. The molecule has 0 radical (unpaired) electrons. The van der Waals surface area contributed by atoms with Crippen LogP contribution < -0.4 is 15.5 Å². The molecule has 0 aliphatic carbocycles. The van der Waals surface area contributed by atoms with Crippen LogP contribution in [0.3, 0.4) is 0 Å². The van der Waals surface area contributed by atoms with Gasteiger partial charge in [-0.25, -0.2) is 13.8 Å². The van der Waals surface area contributed by atoms with Crippen molar-refractivity contribution in [1.29, 1.82) is 0 Å². The third-order valence-corrected chi connectivity index (χ3v) is 4.47. The van der Waals surface area contributed by atoms with Crippen molar-refractivity contribution in [2.24, 2.45) is 5.10 Å². The first-order chi connectivity index (χ1) is 15.0. The minimum absolute atomic E-state index is 0.261. The topological polar surface area (TPSA) is 74.3 Å². The van der Waals surface area contributed by atoms with Crippen molar-refractivity contribution in [3.05, 3.63) is 84.2 Å². The molecule has 4 rings (SSSR count). The first-order valence-electron chi connectivity index (χ1n) is 9.27. The number of thiocarbonyl (C=S) groups is 1. The Hall–Kier alpha value is -3.85. The van der Waals surface area contributed by atoms with E-state index in [1.807, 2.05) is 6.07 Å². The number of fused-ring (bicyclic) bond motifs is 1. The maximum atomic E-state index is 13.0. The number of aromatic amines is 1. The molecule has 0 spiro atoms. The molecule has 1 heterocycles. The van der Waals surface area contributed by atoms with E-state index >= 15 is 0 Å². The number of anilines is 1. The summed E-state index contributed by atoms with van der Waals surface area (Å²) in [6, 6.07) is 17.0. The van der Waals surface area contributed by atoms with Crippen LogP contribution in [0.4, 0.5) is 14.5 Å². The number of hydrazone groups is 1. The van der Waals surface area contributed by atoms with Crippen LogP contribution in [0.1, 0.15) is 12.7 Å². The van der Waals surface area contributed by atoms with Crippen LogP contribution in [0.25, 0.3) is 11.0 Å². The molecule has 156 valence electrons. The normalized spacial score (nSPS) is 11.4. The number of H-pyrrole nitrogens is 1. The average Bonchev–Trinajstić information content (AvgIpc) is 3.19. The Morgan fingerprint density at radius 3 is 2.32 bits per heavy atom. The molecule has 6 nitrogen and oxygen atoms in total. The number of nitrogens with one attached hydrogen (secondary N) is 3. The fourth-order valence-electron chi connectivity index (χ4n) is 2.74. The van der Waals surface area contributed by atoms with Gasteiger partial charge in [0, 0.05) is 11.8 Å². The lowest BCUT2D eigenvalue weighted by Gasteiger charge is -2.07. The Morgan fingerprint density at radius 1 is 0.968 bits per heavy atom. The van der Waals surface area contributed by atoms with Gasteiger partial charge in [-0.3, -0.25) is 5.43 Å². The minimum Gasteiger partial charge on any atom is -0.457 e. The van der Waals surface area contributed by atoms with Crippen LogP contribution in [0.2, 0.25) is 0 Å². The van der Waals surface area contributed by atoms with E-state index in [1.165, 1.54) is 24.3 Å². The maximum absolute atomic E-state index is 13.0. The lowest BCUT2D eigenvalue weighted by Crippen LogP contribution is -2.25. The van der Waals surface area contributed by atoms with Crippen molar-refractivity contribution in [2.75, 3.05) is 5.32 Å². The van der Waals surface area contributed by atoms with Crippen LogP contribution in [-0.2, 0) is 0 Å². The molecule has 0 bridgehead atoms. The zero-order valence-corrected chi connectivity index (χ0v) is 17.1. The molecule has 0 unspecified atom stereocenters. The van der Waals surface area contributed by atoms with Gasteiger partial charge >= 0.3 is 0 Å². The number of hydrogen-bond donors (Lipinski definition) is 3. The molecule has 3 N–H and O–H groups in total. The van der Waals surface area contributed by atoms with Gasteiger partial charge in [0.2, 0.25) is 0 Å². The first-order valence-corrected chi connectivity index (χ1v) is 9.67. The van der Waals surface area contributed by atoms with Gasteiger partial charge in [0.1, 0.15) is 28.8 Å². The minimum atomic E-state index is -0.325. The highest BCUT2D eigenvalue weighted by Gasteiger charge is 2.08. The summed E-state index contributed by atoms with van der Waals surface area (Å²) in [6.07, 6.45) is 0. The Labute approximate surface area is 182 Å². The van der Waals surface area contributed by atoms with Crippen molar-refractivity contribution in [1.82, 2.24) is 15.4 Å². The van der Waals surface area contributed by atoms with Crippen molar-refractivity contribution in [3.8, 4) is 11.5 Å². The zero-order valence-electron chi connectivity index (χ0n) is 16.3. The molecule has 1 aromatic heterocycles. The summed E-state index contributed by atoms with van der Waals surface area (Å²) < 4.78 is 31.8. The third kappa shape index (κ3) is 5.20. The number of ether oxygens (including phenoxy) is 1. The average molecular weight is 437 g/mol. The Morgan fingerprint density at radius 2 is 1.61 bits per heavy atom. The Kier molecular flexibility index (Phi) is 5.85. The van der Waals surface area contributed by atoms with Gasteiger partial charge in [-0.1, -0.05) is 0 Å². The van der Waals surface area contributed by atoms with Gasteiger partial charge in [-0.05, 0) is 79.8 Å². The molecule has 3 aromatic carbocycles. The van der Waals surface area contributed by atoms with Gasteiger partial charge < -0.3 is 15.0 Å². The highest BCUT2D eigenvalue weighted by Crippen LogP contribution is 2.25. The summed E-state index contributed by atoms with van der Waals surface area (Å²) in [4.78, 5) is 7.69. The highest BCUT2D eigenvalue weighted by molar-refractivity contribution is 7.80. The van der Waals surface area contributed by atoms with Crippen molar-refractivity contribution in [3.63, 3.8) is 0 Å². The lowest BCUT2D eigenvalue weighted by atomic mass is 10.3. The molecule has 31 heavy (non-hydrogen) atoms. The van der Waals surface area contributed by atoms with E-state index in [0.717, 1.165) is 11.0 Å². The van der Waals surface area contributed by atoms with Gasteiger partial charge in [0.15, 0.2) is 10.9 Å². The van der Waals surface area contributed by atoms with E-state index in [9.17, 15) is 8.78 Å². The fraction of sp³-hybridized carbons (Fsp3) is 0.0455. The van der Waals surface area contributed by atoms with Crippen LogP contribution in [0.5, 0.6) is 11.5 Å². The number of hydrogen-bond acceptors (Lipinski definition) is 4. The van der Waals surface area contributed by atoms with E-state index < -0.39 is 0 Å². The summed E-state index contributed by atoms with van der Waals surface area (Å²) in [7, 11) is 0. The molecule has 0 saturated heterocycles. The number of imidazole rings is 1. The van der Waals surface area contributed by atoms with Crippen molar-refractivity contribution >= 4 is 39.8 Å². The van der Waals surface area contributed by atoms with Crippen molar-refractivity contribution in [2.45, 2.75) is 6.92 Å². The van der Waals surface area contributed by atoms with E-state index in [1.54, 1.807) is 43.3 Å². The van der Waals surface area contributed by atoms with E-state index in [0.29, 0.717) is 28.7 Å². The molecule has 0 aliphatic rings. The highest BCUT2D eigenvalue weighted by atomic mass is 32.1. The predicted octanol–water partition coefficient (Wildman–Crippen LogP) is 5.34. The number of nitrogens with zero attached hydrogens (tertiary/aromatic N) is 2. The molecule has 0 amide bonds. The van der Waals surface area contributed by atoms with Gasteiger partial charge in [-0.2, -0.15) is 5.10 Å². The monoisotopic (exact) mass is 437 g/mol. The Balaban J connectivity index is 1.43. The standard InChI is InChI=1S/C22H17F2N5OS/c1-13(28-29-22(31)25-16-6-2-14(23)3-7-16)21-26-19-11-10-18(12-20(19)27-21)30-17-8-4-15(24)5-9-17/h2-12H,1H3,(H,26,27)(H2,25,29,31)/b28-13+. The number of benzene rings is 3. The molecule has 9 heteroatoms. The summed E-state index contributed by atoms with van der Waals surface area (Å²) in [5.41, 5.74) is 5.46. The molecular formula is C22H17F2N5OS. The smallest absolute Gasteiger partial charge is 0.191 e. The molecule has 0 saturated carbocycles. The summed E-state index contributed by atoms with van der Waals surface area (Å²) in [5.74, 6) is 1.04. The van der Waals surface area contributed by atoms with Crippen LogP contribution in [-0.4, -0.2) is 20.8 Å². The van der Waals surface area contributed by atoms with Gasteiger partial charge in [-0.15, -0.1) is 0 Å². The molecular weight excluding hydrogens is 420 g/mol. The molecule has 0 aliphatic heterocycles. The van der Waals surface area contributed by atoms with E-state index in [-0.39, 0.29) is 16.7 Å². The lowest BCUT2D eigenvalue weighted by molar-refractivity contribution is 0.481. The fourth-order valence-corrected chi connectivity index (χ4v) is 2.91. The van der Waals surface area contributed by atoms with E-state index in [4.69, 9.17) is 17.0 Å². The van der Waals surface area contributed by atoms with Gasteiger partial charge in [0.05, 0.1) is 11.0 Å². The first kappa shape index (κ1) is 20.4. The summed E-state index contributed by atoms with van der Waals surface area (Å²) in [5, 5.41) is 7.40. The largest absolute Gasteiger partial charge is 0.457 e. The van der Waals surface area contributed by atoms with Crippen LogP contribution in [0.15, 0.2) is 71.8 Å². The van der Waals surface area contributed by atoms with E-state index in [2.05, 4.69) is 25.8 Å². The Bertz CT molecular complexity index is 1250. The summed E-state index contributed by atoms with van der Waals surface area (Å²) >= 11 is 5.20. The van der Waals surface area contributed by atoms with Gasteiger partial charge in [0.25, 0.3) is 0 Å². The maximum Gasteiger partial charge on any atom is 0.191 e. The molecule has 4 aromatic rings. The van der Waals surface area contributed by atoms with Crippen LogP contribution in [0, 0.1) is 11.6 Å². The zero-order chi connectivity index (χ0) is 21.8. The van der Waals surface area contributed by atoms with Crippen LogP contribution >= 0.6 is 12.2 Å². The number of aromatic nitrogens is 2. The summed E-state index contributed by atoms with van der Waals surface area (Å²) in [6.45, 7) is 1.78. The second kappa shape index (κ2) is 8.88. The van der Waals surface area contributed by atoms with Crippen molar-refractivity contribution < 1.29 is 13.5 Å². The second-order valence-electron chi connectivity index (χ2n) is 6.59.